The highest BCUT2D eigenvalue weighted by atomic mass is 14.9. The molecule has 2 aromatic heterocycles. The van der Waals surface area contributed by atoms with Crippen LogP contribution in [0.3, 0.4) is 0 Å². The predicted molar refractivity (Wildman–Crippen MR) is 79.8 cm³/mol. The maximum absolute atomic E-state index is 6.05. The second-order valence-corrected chi connectivity index (χ2v) is 4.38. The predicted octanol–water partition coefficient (Wildman–Crippen LogP) is 1.38. The summed E-state index contributed by atoms with van der Waals surface area (Å²) in [6.07, 6.45) is 3.46. The van der Waals surface area contributed by atoms with Gasteiger partial charge < -0.3 is 5.73 Å². The van der Waals surface area contributed by atoms with Gasteiger partial charge in [-0.3, -0.25) is 4.98 Å². The van der Waals surface area contributed by atoms with E-state index in [2.05, 4.69) is 33.9 Å². The topological polar surface area (TPSA) is 64.7 Å². The van der Waals surface area contributed by atoms with Crippen LogP contribution in [0.15, 0.2) is 42.7 Å². The highest BCUT2D eigenvalue weighted by Crippen LogP contribution is 2.21. The van der Waals surface area contributed by atoms with Crippen LogP contribution in [0.25, 0.3) is 22.3 Å². The van der Waals surface area contributed by atoms with Crippen molar-refractivity contribution in [1.29, 1.82) is 0 Å². The quantitative estimate of drug-likeness (QED) is 0.696. The molecular weight excluding hydrogens is 235 g/mol. The SMILES string of the molecule is CBc1ccc2nc(-c3cccnc3)nc(N)c2c1. The Hall–Kier alpha value is -2.43. The molecule has 92 valence electrons. The van der Waals surface area contributed by atoms with Crippen molar-refractivity contribution in [2.45, 2.75) is 6.82 Å². The molecule has 0 aliphatic rings. The van der Waals surface area contributed by atoms with Gasteiger partial charge in [0, 0.05) is 23.3 Å². The Morgan fingerprint density at radius 1 is 1.16 bits per heavy atom. The monoisotopic (exact) mass is 248 g/mol. The summed E-state index contributed by atoms with van der Waals surface area (Å²) in [5, 5.41) is 0.909. The van der Waals surface area contributed by atoms with Gasteiger partial charge in [-0.05, 0) is 18.2 Å². The zero-order chi connectivity index (χ0) is 13.2. The summed E-state index contributed by atoms with van der Waals surface area (Å²) < 4.78 is 0. The zero-order valence-corrected chi connectivity index (χ0v) is 10.7. The molecule has 0 spiro atoms. The Morgan fingerprint density at radius 3 is 2.79 bits per heavy atom. The Labute approximate surface area is 112 Å². The second-order valence-electron chi connectivity index (χ2n) is 4.38. The van der Waals surface area contributed by atoms with Gasteiger partial charge in [0.2, 0.25) is 0 Å². The summed E-state index contributed by atoms with van der Waals surface area (Å²) in [4.78, 5) is 13.0. The van der Waals surface area contributed by atoms with Crippen LogP contribution in [0.4, 0.5) is 5.82 Å². The molecule has 0 amide bonds. The van der Waals surface area contributed by atoms with Crippen molar-refractivity contribution in [2.24, 2.45) is 0 Å². The minimum absolute atomic E-state index is 0.513. The molecule has 0 fully saturated rings. The van der Waals surface area contributed by atoms with Crippen LogP contribution in [0, 0.1) is 0 Å². The van der Waals surface area contributed by atoms with E-state index in [1.165, 1.54) is 5.46 Å². The lowest BCUT2D eigenvalue weighted by molar-refractivity contribution is 1.21. The fraction of sp³-hybridized carbons (Fsp3) is 0.0714. The average Bonchev–Trinajstić information content (AvgIpc) is 2.48. The molecule has 0 aliphatic carbocycles. The van der Waals surface area contributed by atoms with Crippen LogP contribution in [0.1, 0.15) is 0 Å². The molecule has 0 saturated heterocycles. The molecule has 0 unspecified atom stereocenters. The van der Waals surface area contributed by atoms with Gasteiger partial charge in [-0.1, -0.05) is 24.4 Å². The van der Waals surface area contributed by atoms with Gasteiger partial charge >= 0.3 is 0 Å². The van der Waals surface area contributed by atoms with E-state index in [1.807, 2.05) is 18.2 Å². The van der Waals surface area contributed by atoms with Gasteiger partial charge in [0.05, 0.1) is 5.52 Å². The number of hydrogen-bond acceptors (Lipinski definition) is 4. The lowest BCUT2D eigenvalue weighted by Gasteiger charge is -2.06. The fourth-order valence-corrected chi connectivity index (χ4v) is 2.04. The summed E-state index contributed by atoms with van der Waals surface area (Å²) in [6.45, 7) is 2.11. The molecule has 3 aromatic rings. The molecule has 19 heavy (non-hydrogen) atoms. The maximum atomic E-state index is 6.05. The van der Waals surface area contributed by atoms with Crippen molar-refractivity contribution >= 4 is 29.5 Å². The standard InChI is InChI=1S/C14H13BN4/c1-15-10-4-5-12-11(7-10)13(16)19-14(18-12)9-3-2-6-17-8-9/h2-8,15H,1H3,(H2,16,18,19). The molecule has 0 radical (unpaired) electrons. The zero-order valence-electron chi connectivity index (χ0n) is 10.7. The van der Waals surface area contributed by atoms with Gasteiger partial charge in [-0.15, -0.1) is 0 Å². The van der Waals surface area contributed by atoms with E-state index in [1.54, 1.807) is 12.4 Å². The molecule has 0 bridgehead atoms. The first-order valence-corrected chi connectivity index (χ1v) is 6.24. The number of fused-ring (bicyclic) bond motifs is 1. The van der Waals surface area contributed by atoms with Crippen LogP contribution >= 0.6 is 0 Å². The number of anilines is 1. The van der Waals surface area contributed by atoms with E-state index in [0.717, 1.165) is 23.7 Å². The number of aromatic nitrogens is 3. The van der Waals surface area contributed by atoms with Crippen molar-refractivity contribution in [2.75, 3.05) is 5.73 Å². The van der Waals surface area contributed by atoms with Crippen LogP contribution in [0.5, 0.6) is 0 Å². The highest BCUT2D eigenvalue weighted by Gasteiger charge is 2.07. The molecule has 5 heteroatoms. The van der Waals surface area contributed by atoms with Crippen molar-refractivity contribution in [3.8, 4) is 11.4 Å². The molecule has 4 nitrogen and oxygen atoms in total. The fourth-order valence-electron chi connectivity index (χ4n) is 2.04. The van der Waals surface area contributed by atoms with Gasteiger partial charge in [0.15, 0.2) is 13.1 Å². The summed E-state index contributed by atoms with van der Waals surface area (Å²) in [5.74, 6) is 1.13. The van der Waals surface area contributed by atoms with Gasteiger partial charge in [0.25, 0.3) is 0 Å². The van der Waals surface area contributed by atoms with Crippen LogP contribution in [0.2, 0.25) is 6.82 Å². The van der Waals surface area contributed by atoms with Crippen molar-refractivity contribution in [3.05, 3.63) is 42.7 Å². The van der Waals surface area contributed by atoms with Crippen molar-refractivity contribution in [1.82, 2.24) is 15.0 Å². The van der Waals surface area contributed by atoms with Crippen molar-refractivity contribution in [3.63, 3.8) is 0 Å². The normalized spacial score (nSPS) is 10.6. The first-order valence-electron chi connectivity index (χ1n) is 6.24. The lowest BCUT2D eigenvalue weighted by Crippen LogP contribution is -2.10. The second kappa shape index (κ2) is 4.68. The Kier molecular flexibility index (Phi) is 2.87. The van der Waals surface area contributed by atoms with Gasteiger partial charge in [0.1, 0.15) is 5.82 Å². The van der Waals surface area contributed by atoms with E-state index in [4.69, 9.17) is 5.73 Å². The van der Waals surface area contributed by atoms with E-state index in [-0.39, 0.29) is 0 Å². The summed E-state index contributed by atoms with van der Waals surface area (Å²) >= 11 is 0. The lowest BCUT2D eigenvalue weighted by atomic mass is 9.73. The first-order chi connectivity index (χ1) is 9.28. The van der Waals surface area contributed by atoms with Crippen LogP contribution < -0.4 is 11.2 Å². The van der Waals surface area contributed by atoms with E-state index >= 15 is 0 Å². The molecular formula is C14H13BN4. The Bertz CT molecular complexity index is 728. The van der Waals surface area contributed by atoms with E-state index in [0.29, 0.717) is 11.6 Å². The minimum Gasteiger partial charge on any atom is -0.383 e. The average molecular weight is 248 g/mol. The van der Waals surface area contributed by atoms with E-state index in [9.17, 15) is 0 Å². The highest BCUT2D eigenvalue weighted by molar-refractivity contribution is 6.52. The molecule has 2 heterocycles. The third kappa shape index (κ3) is 2.15. The number of benzene rings is 1. The summed E-state index contributed by atoms with van der Waals surface area (Å²) in [6, 6.07) is 9.90. The largest absolute Gasteiger partial charge is 0.383 e. The molecule has 0 atom stereocenters. The molecule has 2 N–H and O–H groups in total. The maximum Gasteiger partial charge on any atom is 0.163 e. The number of nitrogen functional groups attached to an aromatic ring is 1. The minimum atomic E-state index is 0.513. The molecule has 3 rings (SSSR count). The Morgan fingerprint density at radius 2 is 2.05 bits per heavy atom. The molecule has 1 aromatic carbocycles. The van der Waals surface area contributed by atoms with E-state index < -0.39 is 0 Å². The third-order valence-electron chi connectivity index (χ3n) is 3.12. The molecule has 0 saturated carbocycles. The number of rotatable bonds is 2. The number of pyridine rings is 1. The smallest absolute Gasteiger partial charge is 0.163 e. The van der Waals surface area contributed by atoms with Gasteiger partial charge in [-0.2, -0.15) is 0 Å². The third-order valence-corrected chi connectivity index (χ3v) is 3.12. The van der Waals surface area contributed by atoms with Crippen LogP contribution in [-0.2, 0) is 0 Å². The number of nitrogens with zero attached hydrogens (tertiary/aromatic N) is 3. The summed E-state index contributed by atoms with van der Waals surface area (Å²) in [5.41, 5.74) is 9.02. The number of nitrogens with two attached hydrogens (primary N) is 1. The summed E-state index contributed by atoms with van der Waals surface area (Å²) in [7, 11) is 0.972. The van der Waals surface area contributed by atoms with Crippen LogP contribution in [-0.4, -0.2) is 22.2 Å². The Balaban J connectivity index is 2.20. The van der Waals surface area contributed by atoms with Crippen molar-refractivity contribution < 1.29 is 0 Å². The van der Waals surface area contributed by atoms with Gasteiger partial charge in [-0.25, -0.2) is 9.97 Å². The first kappa shape index (κ1) is 11.7. The number of hydrogen-bond donors (Lipinski definition) is 1. The molecule has 0 aliphatic heterocycles.